The highest BCUT2D eigenvalue weighted by molar-refractivity contribution is 5.25. The molecule has 0 aromatic heterocycles. The first-order valence-corrected chi connectivity index (χ1v) is 8.13. The van der Waals surface area contributed by atoms with Crippen LogP contribution in [0.5, 0.6) is 0 Å². The summed E-state index contributed by atoms with van der Waals surface area (Å²) in [7, 11) is 0. The Kier molecular flexibility index (Phi) is 5.62. The minimum Gasteiger partial charge on any atom is -0.311 e. The van der Waals surface area contributed by atoms with Gasteiger partial charge in [-0.05, 0) is 37.3 Å². The van der Waals surface area contributed by atoms with Gasteiger partial charge in [0.05, 0.1) is 0 Å². The summed E-state index contributed by atoms with van der Waals surface area (Å²) < 4.78 is 0. The molecule has 1 aromatic carbocycles. The molecule has 1 aromatic rings. The third kappa shape index (κ3) is 3.83. The molecule has 1 saturated heterocycles. The van der Waals surface area contributed by atoms with E-state index in [1.165, 1.54) is 37.1 Å². The van der Waals surface area contributed by atoms with Crippen LogP contribution in [0.2, 0.25) is 0 Å². The molecule has 0 saturated carbocycles. The molecule has 0 bridgehead atoms. The largest absolute Gasteiger partial charge is 0.311 e. The molecule has 0 amide bonds. The van der Waals surface area contributed by atoms with Crippen LogP contribution in [0.4, 0.5) is 0 Å². The van der Waals surface area contributed by atoms with Crippen molar-refractivity contribution in [1.29, 1.82) is 0 Å². The maximum Gasteiger partial charge on any atom is 0.0221 e. The van der Waals surface area contributed by atoms with Crippen molar-refractivity contribution in [2.24, 2.45) is 5.92 Å². The summed E-state index contributed by atoms with van der Waals surface area (Å²) >= 11 is 0. The molecule has 2 rings (SSSR count). The fourth-order valence-electron chi connectivity index (χ4n) is 3.08. The van der Waals surface area contributed by atoms with Crippen LogP contribution in [0.15, 0.2) is 24.3 Å². The van der Waals surface area contributed by atoms with E-state index in [0.717, 1.165) is 12.5 Å². The molecule has 0 aliphatic carbocycles. The summed E-state index contributed by atoms with van der Waals surface area (Å²) in [6.45, 7) is 12.7. The van der Waals surface area contributed by atoms with E-state index in [1.807, 2.05) is 0 Å². The van der Waals surface area contributed by atoms with Crippen LogP contribution < -0.4 is 5.32 Å². The van der Waals surface area contributed by atoms with Gasteiger partial charge < -0.3 is 5.32 Å². The van der Waals surface area contributed by atoms with Crippen molar-refractivity contribution in [3.63, 3.8) is 0 Å². The van der Waals surface area contributed by atoms with Crippen LogP contribution in [0, 0.1) is 12.8 Å². The lowest BCUT2D eigenvalue weighted by molar-refractivity contribution is 0.120. The Morgan fingerprint density at radius 3 is 2.80 bits per heavy atom. The van der Waals surface area contributed by atoms with Crippen molar-refractivity contribution in [1.82, 2.24) is 10.2 Å². The van der Waals surface area contributed by atoms with Gasteiger partial charge >= 0.3 is 0 Å². The van der Waals surface area contributed by atoms with Crippen molar-refractivity contribution in [2.75, 3.05) is 19.6 Å². The van der Waals surface area contributed by atoms with Crippen LogP contribution in [0.3, 0.4) is 0 Å². The number of rotatable bonds is 5. The molecule has 112 valence electrons. The molecular formula is C18H30N2. The topological polar surface area (TPSA) is 15.3 Å². The van der Waals surface area contributed by atoms with Crippen LogP contribution >= 0.6 is 0 Å². The smallest absolute Gasteiger partial charge is 0.0221 e. The zero-order valence-electron chi connectivity index (χ0n) is 13.5. The SMILES string of the molecule is CCC(C)C1CN(CCc2ccccc2C)C(C)CN1. The first kappa shape index (κ1) is 15.5. The number of nitrogens with zero attached hydrogens (tertiary/aromatic N) is 1. The van der Waals surface area contributed by atoms with Gasteiger partial charge in [0.15, 0.2) is 0 Å². The van der Waals surface area contributed by atoms with E-state index in [0.29, 0.717) is 12.1 Å². The van der Waals surface area contributed by atoms with Crippen molar-refractivity contribution >= 4 is 0 Å². The van der Waals surface area contributed by atoms with Gasteiger partial charge in [0.2, 0.25) is 0 Å². The van der Waals surface area contributed by atoms with E-state index in [4.69, 9.17) is 0 Å². The second-order valence-electron chi connectivity index (χ2n) is 6.42. The molecule has 1 fully saturated rings. The molecule has 1 aliphatic heterocycles. The Hall–Kier alpha value is -0.860. The molecule has 1 N–H and O–H groups in total. The minimum absolute atomic E-state index is 0.652. The molecule has 2 nitrogen and oxygen atoms in total. The van der Waals surface area contributed by atoms with Crippen molar-refractivity contribution in [2.45, 2.75) is 52.6 Å². The molecule has 1 heterocycles. The molecule has 3 atom stereocenters. The summed E-state index contributed by atoms with van der Waals surface area (Å²) in [5.41, 5.74) is 2.92. The fourth-order valence-corrected chi connectivity index (χ4v) is 3.08. The number of nitrogens with one attached hydrogen (secondary N) is 1. The second-order valence-corrected chi connectivity index (χ2v) is 6.42. The van der Waals surface area contributed by atoms with Gasteiger partial charge in [-0.3, -0.25) is 4.90 Å². The van der Waals surface area contributed by atoms with E-state index in [1.54, 1.807) is 0 Å². The average Bonchev–Trinajstić information content (AvgIpc) is 2.47. The summed E-state index contributed by atoms with van der Waals surface area (Å²) in [5, 5.41) is 3.72. The zero-order chi connectivity index (χ0) is 14.5. The number of hydrogen-bond donors (Lipinski definition) is 1. The first-order valence-electron chi connectivity index (χ1n) is 8.13. The van der Waals surface area contributed by atoms with E-state index >= 15 is 0 Å². The van der Waals surface area contributed by atoms with Gasteiger partial charge in [-0.1, -0.05) is 44.5 Å². The van der Waals surface area contributed by atoms with Gasteiger partial charge in [0.25, 0.3) is 0 Å². The highest BCUT2D eigenvalue weighted by Gasteiger charge is 2.27. The Morgan fingerprint density at radius 2 is 2.10 bits per heavy atom. The van der Waals surface area contributed by atoms with Gasteiger partial charge in [0, 0.05) is 31.7 Å². The number of piperazine rings is 1. The molecule has 0 spiro atoms. The summed E-state index contributed by atoms with van der Waals surface area (Å²) in [6, 6.07) is 10.1. The van der Waals surface area contributed by atoms with Crippen LogP contribution in [-0.4, -0.2) is 36.6 Å². The van der Waals surface area contributed by atoms with Crippen molar-refractivity contribution in [3.8, 4) is 0 Å². The highest BCUT2D eigenvalue weighted by Crippen LogP contribution is 2.16. The Balaban J connectivity index is 1.92. The normalized spacial score (nSPS) is 25.6. The summed E-state index contributed by atoms with van der Waals surface area (Å²) in [4.78, 5) is 2.67. The second kappa shape index (κ2) is 7.24. The van der Waals surface area contributed by atoms with E-state index < -0.39 is 0 Å². The van der Waals surface area contributed by atoms with Crippen molar-refractivity contribution < 1.29 is 0 Å². The standard InChI is InChI=1S/C18H30N2/c1-5-14(2)18-13-20(16(4)12-19-18)11-10-17-9-7-6-8-15(17)3/h6-9,14,16,18-19H,5,10-13H2,1-4H3. The molecule has 0 radical (unpaired) electrons. The van der Waals surface area contributed by atoms with Crippen molar-refractivity contribution in [3.05, 3.63) is 35.4 Å². The van der Waals surface area contributed by atoms with Crippen LogP contribution in [-0.2, 0) is 6.42 Å². The van der Waals surface area contributed by atoms with Gasteiger partial charge in [-0.2, -0.15) is 0 Å². The fraction of sp³-hybridized carbons (Fsp3) is 0.667. The predicted molar refractivity (Wildman–Crippen MR) is 87.2 cm³/mol. The van der Waals surface area contributed by atoms with Gasteiger partial charge in [-0.15, -0.1) is 0 Å². The number of hydrogen-bond acceptors (Lipinski definition) is 2. The Labute approximate surface area is 124 Å². The monoisotopic (exact) mass is 274 g/mol. The number of aryl methyl sites for hydroxylation is 1. The maximum atomic E-state index is 3.72. The minimum atomic E-state index is 0.652. The Morgan fingerprint density at radius 1 is 1.35 bits per heavy atom. The predicted octanol–water partition coefficient (Wildman–Crippen LogP) is 3.25. The van der Waals surface area contributed by atoms with E-state index in [-0.39, 0.29) is 0 Å². The maximum absolute atomic E-state index is 3.72. The molecular weight excluding hydrogens is 244 g/mol. The molecule has 20 heavy (non-hydrogen) atoms. The molecule has 2 heteroatoms. The molecule has 1 aliphatic rings. The third-order valence-corrected chi connectivity index (χ3v) is 4.99. The highest BCUT2D eigenvalue weighted by atomic mass is 15.2. The van der Waals surface area contributed by atoms with Gasteiger partial charge in [0.1, 0.15) is 0 Å². The first-order chi connectivity index (χ1) is 9.61. The third-order valence-electron chi connectivity index (χ3n) is 4.99. The van der Waals surface area contributed by atoms with Crippen LogP contribution in [0.1, 0.15) is 38.3 Å². The quantitative estimate of drug-likeness (QED) is 0.886. The van der Waals surface area contributed by atoms with E-state index in [9.17, 15) is 0 Å². The zero-order valence-corrected chi connectivity index (χ0v) is 13.5. The summed E-state index contributed by atoms with van der Waals surface area (Å²) in [6.07, 6.45) is 2.43. The summed E-state index contributed by atoms with van der Waals surface area (Å²) in [5.74, 6) is 0.767. The lowest BCUT2D eigenvalue weighted by atomic mass is 9.95. The van der Waals surface area contributed by atoms with Crippen LogP contribution in [0.25, 0.3) is 0 Å². The van der Waals surface area contributed by atoms with Gasteiger partial charge in [-0.25, -0.2) is 0 Å². The molecule has 3 unspecified atom stereocenters. The lowest BCUT2D eigenvalue weighted by Crippen LogP contribution is -2.57. The average molecular weight is 274 g/mol. The lowest BCUT2D eigenvalue weighted by Gasteiger charge is -2.41. The van der Waals surface area contributed by atoms with E-state index in [2.05, 4.69) is 62.2 Å². The Bertz CT molecular complexity index is 416. The number of benzene rings is 1.